The smallest absolute Gasteiger partial charge is 0.262 e. The molecule has 0 saturated heterocycles. The highest BCUT2D eigenvalue weighted by molar-refractivity contribution is 6.12. The molecule has 4 nitrogen and oxygen atoms in total. The van der Waals surface area contributed by atoms with Crippen LogP contribution in [0.15, 0.2) is 78.9 Å². The molecule has 1 amide bonds. The van der Waals surface area contributed by atoms with Gasteiger partial charge in [0.2, 0.25) is 0 Å². The predicted molar refractivity (Wildman–Crippen MR) is 99.1 cm³/mol. The molecule has 1 aliphatic rings. The normalized spacial score (nSPS) is 16.1. The quantitative estimate of drug-likeness (QED) is 0.770. The molecule has 0 bridgehead atoms. The number of para-hydroxylation sites is 3. The molecule has 1 N–H and O–H groups in total. The van der Waals surface area contributed by atoms with Gasteiger partial charge in [0.25, 0.3) is 5.91 Å². The minimum absolute atomic E-state index is 0.0311. The van der Waals surface area contributed by atoms with Crippen molar-refractivity contribution in [1.82, 2.24) is 0 Å². The van der Waals surface area contributed by atoms with Crippen LogP contribution in [0.4, 0.5) is 11.4 Å². The summed E-state index contributed by atoms with van der Waals surface area (Å²) < 4.78 is 5.53. The standard InChI is InChI=1S/C21H18N2O2/c1-25-19-14-8-6-12-17(19)20-22-18-13-7-5-11-16(18)21(24)23(20)15-9-3-2-4-10-15/h2-14,20,22H,1H3/t20-/m0/s1. The van der Waals surface area contributed by atoms with Gasteiger partial charge in [-0.15, -0.1) is 0 Å². The third-order valence-electron chi connectivity index (χ3n) is 4.39. The largest absolute Gasteiger partial charge is 0.496 e. The summed E-state index contributed by atoms with van der Waals surface area (Å²) in [5, 5.41) is 3.49. The number of ether oxygens (including phenoxy) is 1. The molecule has 0 fully saturated rings. The highest BCUT2D eigenvalue weighted by Crippen LogP contribution is 2.39. The highest BCUT2D eigenvalue weighted by Gasteiger charge is 2.35. The Labute approximate surface area is 146 Å². The molecule has 124 valence electrons. The van der Waals surface area contributed by atoms with Gasteiger partial charge in [-0.2, -0.15) is 0 Å². The molecule has 25 heavy (non-hydrogen) atoms. The number of carbonyl (C=O) groups excluding carboxylic acids is 1. The molecule has 0 unspecified atom stereocenters. The van der Waals surface area contributed by atoms with Crippen LogP contribution in [0.2, 0.25) is 0 Å². The van der Waals surface area contributed by atoms with Gasteiger partial charge in [0.1, 0.15) is 11.9 Å². The van der Waals surface area contributed by atoms with E-state index in [0.717, 1.165) is 22.7 Å². The van der Waals surface area contributed by atoms with Gasteiger partial charge < -0.3 is 10.1 Å². The highest BCUT2D eigenvalue weighted by atomic mass is 16.5. The Balaban J connectivity index is 1.89. The van der Waals surface area contributed by atoms with Crippen LogP contribution in [0.3, 0.4) is 0 Å². The Morgan fingerprint density at radius 1 is 0.880 bits per heavy atom. The summed E-state index contributed by atoms with van der Waals surface area (Å²) in [7, 11) is 1.64. The molecule has 0 spiro atoms. The zero-order chi connectivity index (χ0) is 17.2. The number of rotatable bonds is 3. The minimum atomic E-state index is -0.346. The molecule has 1 heterocycles. The van der Waals surface area contributed by atoms with Crippen molar-refractivity contribution in [1.29, 1.82) is 0 Å². The lowest BCUT2D eigenvalue weighted by Crippen LogP contribution is -2.43. The molecule has 3 aromatic carbocycles. The van der Waals surface area contributed by atoms with Crippen molar-refractivity contribution < 1.29 is 9.53 Å². The van der Waals surface area contributed by atoms with E-state index in [1.807, 2.05) is 78.9 Å². The Kier molecular flexibility index (Phi) is 3.86. The minimum Gasteiger partial charge on any atom is -0.496 e. The zero-order valence-electron chi connectivity index (χ0n) is 13.8. The number of carbonyl (C=O) groups is 1. The second-order valence-electron chi connectivity index (χ2n) is 5.85. The molecule has 1 aliphatic heterocycles. The number of amides is 1. The maximum atomic E-state index is 13.2. The summed E-state index contributed by atoms with van der Waals surface area (Å²) in [6.45, 7) is 0. The molecular formula is C21H18N2O2. The average molecular weight is 330 g/mol. The number of nitrogens with one attached hydrogen (secondary N) is 1. The molecule has 4 heteroatoms. The number of benzene rings is 3. The van der Waals surface area contributed by atoms with Gasteiger partial charge in [-0.25, -0.2) is 0 Å². The number of methoxy groups -OCH3 is 1. The van der Waals surface area contributed by atoms with Crippen LogP contribution >= 0.6 is 0 Å². The van der Waals surface area contributed by atoms with Crippen molar-refractivity contribution in [2.75, 3.05) is 17.3 Å². The first-order valence-corrected chi connectivity index (χ1v) is 8.16. The van der Waals surface area contributed by atoms with E-state index in [-0.39, 0.29) is 12.1 Å². The van der Waals surface area contributed by atoms with Gasteiger partial charge in [-0.05, 0) is 30.3 Å². The fraction of sp³-hybridized carbons (Fsp3) is 0.0952. The van der Waals surface area contributed by atoms with Crippen LogP contribution in [0.5, 0.6) is 5.75 Å². The first-order chi connectivity index (χ1) is 12.3. The Morgan fingerprint density at radius 2 is 1.56 bits per heavy atom. The summed E-state index contributed by atoms with van der Waals surface area (Å²) in [6, 6.07) is 25.0. The van der Waals surface area contributed by atoms with Gasteiger partial charge in [0.05, 0.1) is 12.7 Å². The summed E-state index contributed by atoms with van der Waals surface area (Å²) in [5.74, 6) is 0.713. The van der Waals surface area contributed by atoms with E-state index in [1.165, 1.54) is 0 Å². The average Bonchev–Trinajstić information content (AvgIpc) is 2.68. The predicted octanol–water partition coefficient (Wildman–Crippen LogP) is 4.47. The fourth-order valence-electron chi connectivity index (χ4n) is 3.22. The number of hydrogen-bond donors (Lipinski definition) is 1. The molecule has 0 aliphatic carbocycles. The summed E-state index contributed by atoms with van der Waals surface area (Å²) in [4.78, 5) is 15.0. The van der Waals surface area contributed by atoms with E-state index >= 15 is 0 Å². The van der Waals surface area contributed by atoms with Gasteiger partial charge in [-0.1, -0.05) is 48.5 Å². The Bertz CT molecular complexity index is 909. The Hall–Kier alpha value is -3.27. The molecule has 3 aromatic rings. The summed E-state index contributed by atoms with van der Waals surface area (Å²) >= 11 is 0. The lowest BCUT2D eigenvalue weighted by atomic mass is 10.0. The number of fused-ring (bicyclic) bond motifs is 1. The van der Waals surface area contributed by atoms with Crippen molar-refractivity contribution in [3.05, 3.63) is 90.0 Å². The summed E-state index contributed by atoms with van der Waals surface area (Å²) in [5.41, 5.74) is 3.25. The molecule has 0 saturated carbocycles. The van der Waals surface area contributed by atoms with Crippen molar-refractivity contribution in [3.63, 3.8) is 0 Å². The van der Waals surface area contributed by atoms with E-state index in [1.54, 1.807) is 12.0 Å². The molecule has 0 radical (unpaired) electrons. The third kappa shape index (κ3) is 2.62. The zero-order valence-corrected chi connectivity index (χ0v) is 13.8. The number of nitrogens with zero attached hydrogens (tertiary/aromatic N) is 1. The fourth-order valence-corrected chi connectivity index (χ4v) is 3.22. The molecule has 4 rings (SSSR count). The van der Waals surface area contributed by atoms with Crippen LogP contribution in [-0.2, 0) is 0 Å². The SMILES string of the molecule is COc1ccccc1[C@H]1Nc2ccccc2C(=O)N1c1ccccc1. The molecule has 1 atom stereocenters. The second-order valence-corrected chi connectivity index (χ2v) is 5.85. The van der Waals surface area contributed by atoms with Gasteiger partial charge in [0.15, 0.2) is 0 Å². The van der Waals surface area contributed by atoms with E-state index < -0.39 is 0 Å². The first-order valence-electron chi connectivity index (χ1n) is 8.16. The van der Waals surface area contributed by atoms with E-state index in [2.05, 4.69) is 5.32 Å². The van der Waals surface area contributed by atoms with Gasteiger partial charge in [-0.3, -0.25) is 9.69 Å². The topological polar surface area (TPSA) is 41.6 Å². The molecular weight excluding hydrogens is 312 g/mol. The van der Waals surface area contributed by atoms with E-state index in [4.69, 9.17) is 4.74 Å². The lowest BCUT2D eigenvalue weighted by molar-refractivity contribution is 0.0974. The second kappa shape index (κ2) is 6.32. The van der Waals surface area contributed by atoms with Crippen LogP contribution in [0.1, 0.15) is 22.1 Å². The first kappa shape index (κ1) is 15.3. The van der Waals surface area contributed by atoms with Crippen molar-refractivity contribution >= 4 is 17.3 Å². The summed E-state index contributed by atoms with van der Waals surface area (Å²) in [6.07, 6.45) is -0.346. The van der Waals surface area contributed by atoms with E-state index in [0.29, 0.717) is 5.56 Å². The van der Waals surface area contributed by atoms with Gasteiger partial charge in [0, 0.05) is 16.9 Å². The maximum absolute atomic E-state index is 13.2. The van der Waals surface area contributed by atoms with Crippen LogP contribution in [0, 0.1) is 0 Å². The van der Waals surface area contributed by atoms with E-state index in [9.17, 15) is 4.79 Å². The molecule has 0 aromatic heterocycles. The van der Waals surface area contributed by atoms with Gasteiger partial charge >= 0.3 is 0 Å². The number of hydrogen-bond acceptors (Lipinski definition) is 3. The van der Waals surface area contributed by atoms with Crippen LogP contribution in [0.25, 0.3) is 0 Å². The van der Waals surface area contributed by atoms with Crippen molar-refractivity contribution in [2.45, 2.75) is 6.17 Å². The maximum Gasteiger partial charge on any atom is 0.262 e. The monoisotopic (exact) mass is 330 g/mol. The van der Waals surface area contributed by atoms with Crippen LogP contribution in [-0.4, -0.2) is 13.0 Å². The van der Waals surface area contributed by atoms with Crippen LogP contribution < -0.4 is 15.0 Å². The third-order valence-corrected chi connectivity index (χ3v) is 4.39. The van der Waals surface area contributed by atoms with Crippen molar-refractivity contribution in [2.24, 2.45) is 0 Å². The number of anilines is 2. The lowest BCUT2D eigenvalue weighted by Gasteiger charge is -2.38. The Morgan fingerprint density at radius 3 is 2.36 bits per heavy atom. The van der Waals surface area contributed by atoms with Crippen molar-refractivity contribution in [3.8, 4) is 5.75 Å².